The Balaban J connectivity index is 1.46. The van der Waals surface area contributed by atoms with Gasteiger partial charge in [-0.05, 0) is 48.5 Å². The van der Waals surface area contributed by atoms with Crippen molar-refractivity contribution in [2.75, 3.05) is 18.9 Å². The van der Waals surface area contributed by atoms with Crippen molar-refractivity contribution in [2.24, 2.45) is 0 Å². The zero-order chi connectivity index (χ0) is 24.0. The predicted octanol–water partition coefficient (Wildman–Crippen LogP) is 5.20. The molecule has 2 heterocycles. The van der Waals surface area contributed by atoms with Crippen molar-refractivity contribution in [3.8, 4) is 5.75 Å². The van der Waals surface area contributed by atoms with Gasteiger partial charge in [0.1, 0.15) is 12.4 Å². The summed E-state index contributed by atoms with van der Waals surface area (Å²) in [7, 11) is 1.76. The molecule has 1 spiro atoms. The Morgan fingerprint density at radius 2 is 1.94 bits per heavy atom. The van der Waals surface area contributed by atoms with Crippen molar-refractivity contribution in [3.05, 3.63) is 103 Å². The molecule has 7 nitrogen and oxygen atoms in total. The molecule has 2 aliphatic heterocycles. The summed E-state index contributed by atoms with van der Waals surface area (Å²) >= 11 is 9.94. The average molecular weight is 543 g/mol. The van der Waals surface area contributed by atoms with Gasteiger partial charge in [-0.25, -0.2) is 0 Å². The Morgan fingerprint density at radius 1 is 1.21 bits per heavy atom. The number of benzene rings is 3. The Labute approximate surface area is 209 Å². The third-order valence-corrected chi connectivity index (χ3v) is 7.56. The number of likely N-dealkylation sites (N-methyl/N-ethyl adjacent to an activating group) is 1. The number of likely N-dealkylation sites (tertiary alicyclic amines) is 1. The van der Waals surface area contributed by atoms with Crippen molar-refractivity contribution in [1.29, 1.82) is 0 Å². The Bertz CT molecular complexity index is 1290. The lowest BCUT2D eigenvalue weighted by molar-refractivity contribution is -0.534. The number of amides is 1. The van der Waals surface area contributed by atoms with Gasteiger partial charge >= 0.3 is 0 Å². The fraction of sp³-hybridized carbons (Fsp3) is 0.240. The van der Waals surface area contributed by atoms with Gasteiger partial charge in [0.15, 0.2) is 5.54 Å². The highest BCUT2D eigenvalue weighted by Gasteiger charge is 2.68. The first-order valence-electron chi connectivity index (χ1n) is 10.7. The lowest BCUT2D eigenvalue weighted by atomic mass is 9.79. The fourth-order valence-electron chi connectivity index (χ4n) is 5.19. The molecule has 1 saturated heterocycles. The van der Waals surface area contributed by atoms with Crippen molar-refractivity contribution in [1.82, 2.24) is 4.90 Å². The summed E-state index contributed by atoms with van der Waals surface area (Å²) in [6, 6.07) is 19.0. The minimum Gasteiger partial charge on any atom is -0.487 e. The van der Waals surface area contributed by atoms with Gasteiger partial charge in [0.05, 0.1) is 10.9 Å². The van der Waals surface area contributed by atoms with Crippen LogP contribution in [0.5, 0.6) is 5.75 Å². The number of carbonyl (C=O) groups excluding carboxylic acids is 1. The van der Waals surface area contributed by atoms with Gasteiger partial charge in [0, 0.05) is 27.2 Å². The fourth-order valence-corrected chi connectivity index (χ4v) is 5.69. The maximum absolute atomic E-state index is 13.2. The van der Waals surface area contributed by atoms with Gasteiger partial charge in [-0.3, -0.25) is 19.8 Å². The van der Waals surface area contributed by atoms with Gasteiger partial charge in [0.2, 0.25) is 0 Å². The van der Waals surface area contributed by atoms with Crippen LogP contribution >= 0.6 is 27.5 Å². The highest BCUT2D eigenvalue weighted by atomic mass is 79.9. The maximum Gasteiger partial charge on any atom is 0.256 e. The van der Waals surface area contributed by atoms with Gasteiger partial charge in [-0.1, -0.05) is 63.9 Å². The van der Waals surface area contributed by atoms with E-state index in [9.17, 15) is 14.9 Å². The van der Waals surface area contributed by atoms with Crippen LogP contribution in [0.1, 0.15) is 22.6 Å². The molecule has 0 bridgehead atoms. The van der Waals surface area contributed by atoms with Crippen molar-refractivity contribution in [3.63, 3.8) is 0 Å². The SMILES string of the molecule is CN1C[C@H](c2ccc(OCc3ccc(Br)cc3)c(Cl)c2)[C@@H]([N+](=O)[O-])[C@@]12C(=O)Nc1ccccc12. The van der Waals surface area contributed by atoms with Gasteiger partial charge in [-0.15, -0.1) is 0 Å². The van der Waals surface area contributed by atoms with Gasteiger partial charge in [-0.2, -0.15) is 0 Å². The molecule has 1 amide bonds. The number of nitro groups is 1. The zero-order valence-electron chi connectivity index (χ0n) is 18.2. The molecule has 1 N–H and O–H groups in total. The third kappa shape index (κ3) is 3.57. The molecule has 3 aromatic rings. The molecular weight excluding hydrogens is 522 g/mol. The number of halogens is 2. The molecule has 0 unspecified atom stereocenters. The van der Waals surface area contributed by atoms with Crippen LogP contribution in [0, 0.1) is 10.1 Å². The smallest absolute Gasteiger partial charge is 0.256 e. The van der Waals surface area contributed by atoms with Crippen LogP contribution in [0.25, 0.3) is 0 Å². The molecular formula is C25H21BrClN3O4. The molecule has 34 heavy (non-hydrogen) atoms. The van der Waals surface area contributed by atoms with E-state index in [1.807, 2.05) is 24.3 Å². The van der Waals surface area contributed by atoms with E-state index in [4.69, 9.17) is 16.3 Å². The lowest BCUT2D eigenvalue weighted by Gasteiger charge is -2.30. The minimum absolute atomic E-state index is 0.332. The lowest BCUT2D eigenvalue weighted by Crippen LogP contribution is -2.54. The summed E-state index contributed by atoms with van der Waals surface area (Å²) in [4.78, 5) is 27.1. The number of nitrogens with one attached hydrogen (secondary N) is 1. The van der Waals surface area contributed by atoms with Crippen LogP contribution in [0.4, 0.5) is 5.69 Å². The van der Waals surface area contributed by atoms with E-state index in [1.165, 1.54) is 0 Å². The predicted molar refractivity (Wildman–Crippen MR) is 133 cm³/mol. The number of nitrogens with zero attached hydrogens (tertiary/aromatic N) is 2. The van der Waals surface area contributed by atoms with Crippen LogP contribution < -0.4 is 10.1 Å². The van der Waals surface area contributed by atoms with Crippen molar-refractivity contribution < 1.29 is 14.5 Å². The first-order valence-corrected chi connectivity index (χ1v) is 11.9. The standard InChI is InChI=1S/C25H21BrClN3O4/c1-29-13-18(23(30(32)33)25(29)19-4-2-3-5-21(19)28-24(25)31)16-8-11-22(20(27)12-16)34-14-15-6-9-17(26)10-7-15/h2-12,18,23H,13-14H2,1H3,(H,28,31)/t18-,23-,25+/m1/s1. The summed E-state index contributed by atoms with van der Waals surface area (Å²) in [6.45, 7) is 0.679. The van der Waals surface area contributed by atoms with E-state index >= 15 is 0 Å². The number of hydrogen-bond acceptors (Lipinski definition) is 5. The van der Waals surface area contributed by atoms with Crippen LogP contribution in [0.2, 0.25) is 5.02 Å². The monoisotopic (exact) mass is 541 g/mol. The number of rotatable bonds is 5. The molecule has 174 valence electrons. The summed E-state index contributed by atoms with van der Waals surface area (Å²) in [6.07, 6.45) is 0. The van der Waals surface area contributed by atoms with E-state index in [0.717, 1.165) is 10.0 Å². The third-order valence-electron chi connectivity index (χ3n) is 6.73. The molecule has 3 aromatic carbocycles. The highest BCUT2D eigenvalue weighted by Crippen LogP contribution is 2.52. The largest absolute Gasteiger partial charge is 0.487 e. The van der Waals surface area contributed by atoms with E-state index in [1.54, 1.807) is 54.4 Å². The number of hydrogen-bond donors (Lipinski definition) is 1. The molecule has 9 heteroatoms. The first-order chi connectivity index (χ1) is 16.3. The second kappa shape index (κ2) is 8.69. The van der Waals surface area contributed by atoms with Crippen LogP contribution in [0.3, 0.4) is 0 Å². The Kier molecular flexibility index (Phi) is 5.83. The number of para-hydroxylation sites is 1. The molecule has 0 saturated carbocycles. The summed E-state index contributed by atoms with van der Waals surface area (Å²) in [5, 5.41) is 15.6. The van der Waals surface area contributed by atoms with E-state index < -0.39 is 17.5 Å². The normalized spacial score (nSPS) is 23.7. The Morgan fingerprint density at radius 3 is 2.65 bits per heavy atom. The van der Waals surface area contributed by atoms with Crippen LogP contribution in [0.15, 0.2) is 71.2 Å². The number of carbonyl (C=O) groups is 1. The summed E-state index contributed by atoms with van der Waals surface area (Å²) in [5.41, 5.74) is 1.55. The molecule has 0 aliphatic carbocycles. The van der Waals surface area contributed by atoms with E-state index in [2.05, 4.69) is 21.2 Å². The molecule has 3 atom stereocenters. The summed E-state index contributed by atoms with van der Waals surface area (Å²) in [5.74, 6) is -0.410. The van der Waals surface area contributed by atoms with Crippen molar-refractivity contribution in [2.45, 2.75) is 24.1 Å². The van der Waals surface area contributed by atoms with Gasteiger partial charge in [0.25, 0.3) is 11.9 Å². The van der Waals surface area contributed by atoms with Gasteiger partial charge < -0.3 is 10.1 Å². The molecule has 0 aromatic heterocycles. The highest BCUT2D eigenvalue weighted by molar-refractivity contribution is 9.10. The second-order valence-electron chi connectivity index (χ2n) is 8.59. The van der Waals surface area contributed by atoms with Crippen LogP contribution in [-0.4, -0.2) is 35.4 Å². The molecule has 2 aliphatic rings. The van der Waals surface area contributed by atoms with Crippen molar-refractivity contribution >= 4 is 39.1 Å². The second-order valence-corrected chi connectivity index (χ2v) is 9.91. The van der Waals surface area contributed by atoms with Crippen LogP contribution in [-0.2, 0) is 16.9 Å². The topological polar surface area (TPSA) is 84.7 Å². The quantitative estimate of drug-likeness (QED) is 0.354. The number of fused-ring (bicyclic) bond motifs is 2. The van der Waals surface area contributed by atoms with E-state index in [0.29, 0.717) is 40.7 Å². The molecule has 5 rings (SSSR count). The number of anilines is 1. The molecule has 0 radical (unpaired) electrons. The minimum atomic E-state index is -1.38. The number of ether oxygens (including phenoxy) is 1. The van der Waals surface area contributed by atoms with E-state index in [-0.39, 0.29) is 10.8 Å². The molecule has 1 fully saturated rings. The maximum atomic E-state index is 13.2. The summed E-state index contributed by atoms with van der Waals surface area (Å²) < 4.78 is 6.86. The zero-order valence-corrected chi connectivity index (χ0v) is 20.5. The average Bonchev–Trinajstić information content (AvgIpc) is 3.29. The first kappa shape index (κ1) is 22.8. The Hall–Kier alpha value is -2.94.